The van der Waals surface area contributed by atoms with Crippen molar-refractivity contribution < 1.29 is 37.2 Å². The van der Waals surface area contributed by atoms with Crippen LogP contribution < -0.4 is 20.3 Å². The van der Waals surface area contributed by atoms with Crippen molar-refractivity contribution in [2.75, 3.05) is 32.8 Å². The molecule has 61 heavy (non-hydrogen) atoms. The molecule has 3 aromatic carbocycles. The molecular weight excluding hydrogens is 804 g/mol. The molecule has 324 valence electrons. The molecule has 6 rings (SSSR count). The lowest BCUT2D eigenvalue weighted by Crippen LogP contribution is -2.41. The second-order valence-corrected chi connectivity index (χ2v) is 16.7. The summed E-state index contributed by atoms with van der Waals surface area (Å²) >= 11 is 0. The van der Waals surface area contributed by atoms with Gasteiger partial charge in [0.15, 0.2) is 23.6 Å². The van der Waals surface area contributed by atoms with Gasteiger partial charge in [0.2, 0.25) is 11.9 Å². The Morgan fingerprint density at radius 2 is 1.56 bits per heavy atom. The highest BCUT2D eigenvalue weighted by molar-refractivity contribution is 7.44. The number of nitrogens with one attached hydrogen (secondary N) is 2. The van der Waals surface area contributed by atoms with Crippen molar-refractivity contribution in [3.05, 3.63) is 112 Å². The maximum absolute atomic E-state index is 17.6. The van der Waals surface area contributed by atoms with E-state index < -0.39 is 50.2 Å². The third-order valence-corrected chi connectivity index (χ3v) is 12.4. The van der Waals surface area contributed by atoms with Crippen molar-refractivity contribution in [2.24, 2.45) is 5.92 Å². The molecule has 0 bridgehead atoms. The Morgan fingerprint density at radius 3 is 2.10 bits per heavy atom. The van der Waals surface area contributed by atoms with Gasteiger partial charge < -0.3 is 28.0 Å². The Bertz CT molecular complexity index is 2260. The molecule has 1 fully saturated rings. The van der Waals surface area contributed by atoms with Crippen LogP contribution in [0.3, 0.4) is 0 Å². The number of anilines is 1. The number of aromatic nitrogens is 4. The molecule has 1 aliphatic rings. The van der Waals surface area contributed by atoms with Gasteiger partial charge in [-0.05, 0) is 68.7 Å². The third-order valence-electron chi connectivity index (χ3n) is 10.3. The number of hydrogen-bond acceptors (Lipinski definition) is 12. The highest BCUT2D eigenvalue weighted by Gasteiger charge is 2.51. The van der Waals surface area contributed by atoms with Crippen molar-refractivity contribution in [3.8, 4) is 17.6 Å². The van der Waals surface area contributed by atoms with Crippen LogP contribution in [0, 0.1) is 17.2 Å². The smallest absolute Gasteiger partial charge is 0.280 e. The number of fused-ring (bicyclic) bond motifs is 1. The highest BCUT2D eigenvalue weighted by Crippen LogP contribution is 2.51. The molecule has 2 aromatic heterocycles. The topological polar surface area (TPSA) is 175 Å². The first-order valence-corrected chi connectivity index (χ1v) is 21.3. The number of H-pyrrole nitrogens is 1. The summed E-state index contributed by atoms with van der Waals surface area (Å²) in [5.74, 6) is 0.392. The van der Waals surface area contributed by atoms with Gasteiger partial charge >= 0.3 is 0 Å². The number of carbonyl (C=O) groups is 1. The van der Waals surface area contributed by atoms with Crippen LogP contribution in [-0.2, 0) is 28.9 Å². The summed E-state index contributed by atoms with van der Waals surface area (Å²) in [7, 11) is 1.23. The van der Waals surface area contributed by atoms with E-state index in [1.54, 1.807) is 28.1 Å². The van der Waals surface area contributed by atoms with Gasteiger partial charge in [0.25, 0.3) is 14.1 Å². The first-order chi connectivity index (χ1) is 29.3. The van der Waals surface area contributed by atoms with Gasteiger partial charge in [0, 0.05) is 18.0 Å². The molecular formula is C44H53FN7O8P. The molecule has 0 radical (unpaired) electrons. The zero-order valence-corrected chi connectivity index (χ0v) is 36.5. The second kappa shape index (κ2) is 20.1. The molecule has 2 N–H and O–H groups in total. The van der Waals surface area contributed by atoms with Crippen molar-refractivity contribution >= 4 is 31.5 Å². The molecule has 1 saturated heterocycles. The number of nitriles is 1. The van der Waals surface area contributed by atoms with Gasteiger partial charge in [0.1, 0.15) is 29.3 Å². The fraction of sp³-hybridized carbons (Fsp3) is 0.432. The monoisotopic (exact) mass is 857 g/mol. The Labute approximate surface area is 356 Å². The lowest BCUT2D eigenvalue weighted by Gasteiger charge is -2.39. The van der Waals surface area contributed by atoms with Gasteiger partial charge in [-0.1, -0.05) is 68.4 Å². The number of benzene rings is 3. The van der Waals surface area contributed by atoms with E-state index in [9.17, 15) is 14.9 Å². The first-order valence-electron chi connectivity index (χ1n) is 20.1. The van der Waals surface area contributed by atoms with Crippen LogP contribution in [0.4, 0.5) is 10.3 Å². The van der Waals surface area contributed by atoms with Crippen LogP contribution in [0.25, 0.3) is 11.2 Å². The molecule has 15 nitrogen and oxygen atoms in total. The largest absolute Gasteiger partial charge is 0.497 e. The van der Waals surface area contributed by atoms with E-state index in [2.05, 4.69) is 26.3 Å². The van der Waals surface area contributed by atoms with Crippen LogP contribution in [-0.4, -0.2) is 88.0 Å². The Balaban J connectivity index is 1.48. The Kier molecular flexibility index (Phi) is 14.9. The second-order valence-electron chi connectivity index (χ2n) is 15.3. The molecule has 0 spiro atoms. The van der Waals surface area contributed by atoms with Crippen molar-refractivity contribution in [1.82, 2.24) is 24.2 Å². The van der Waals surface area contributed by atoms with Gasteiger partial charge in [-0.2, -0.15) is 10.2 Å². The predicted octanol–water partition coefficient (Wildman–Crippen LogP) is 7.64. The molecule has 5 aromatic rings. The lowest BCUT2D eigenvalue weighted by molar-refractivity contribution is -0.118. The van der Waals surface area contributed by atoms with Crippen LogP contribution in [0.1, 0.15) is 70.9 Å². The van der Waals surface area contributed by atoms with Gasteiger partial charge in [0.05, 0.1) is 46.3 Å². The predicted molar refractivity (Wildman–Crippen MR) is 229 cm³/mol. The zero-order valence-electron chi connectivity index (χ0n) is 35.6. The zero-order chi connectivity index (χ0) is 43.8. The highest BCUT2D eigenvalue weighted by atomic mass is 31.2. The fourth-order valence-corrected chi connectivity index (χ4v) is 9.06. The number of methoxy groups -OCH3 is 2. The molecule has 5 atom stereocenters. The van der Waals surface area contributed by atoms with E-state index in [0.717, 1.165) is 16.7 Å². The minimum absolute atomic E-state index is 0.00982. The number of halogens is 1. The van der Waals surface area contributed by atoms with E-state index in [0.29, 0.717) is 11.5 Å². The number of alkyl halides is 1. The fourth-order valence-electron chi connectivity index (χ4n) is 7.29. The van der Waals surface area contributed by atoms with E-state index in [1.807, 2.05) is 111 Å². The van der Waals surface area contributed by atoms with Crippen LogP contribution in [0.15, 0.2) is 90.0 Å². The normalized spacial score (nSPS) is 18.6. The molecule has 1 aliphatic heterocycles. The average molecular weight is 858 g/mol. The van der Waals surface area contributed by atoms with E-state index in [-0.39, 0.29) is 54.7 Å². The lowest BCUT2D eigenvalue weighted by atomic mass is 9.80. The number of carbonyl (C=O) groups excluding carboxylic acids is 1. The summed E-state index contributed by atoms with van der Waals surface area (Å²) in [5.41, 5.74) is 0.280. The molecule has 1 unspecified atom stereocenters. The molecule has 17 heteroatoms. The summed E-state index contributed by atoms with van der Waals surface area (Å²) in [4.78, 5) is 37.1. The number of ether oxygens (including phenoxy) is 4. The molecule has 1 amide bonds. The summed E-state index contributed by atoms with van der Waals surface area (Å²) in [6.07, 6.45) is -4.32. The first kappa shape index (κ1) is 45.3. The molecule has 0 aliphatic carbocycles. The maximum Gasteiger partial charge on any atom is 0.280 e. The van der Waals surface area contributed by atoms with Crippen LogP contribution in [0.2, 0.25) is 0 Å². The van der Waals surface area contributed by atoms with Crippen molar-refractivity contribution in [2.45, 2.75) is 90.3 Å². The summed E-state index contributed by atoms with van der Waals surface area (Å²) < 4.78 is 58.8. The summed E-state index contributed by atoms with van der Waals surface area (Å²) in [6.45, 7) is 11.2. The van der Waals surface area contributed by atoms with Gasteiger partial charge in [-0.25, -0.2) is 14.0 Å². The summed E-state index contributed by atoms with van der Waals surface area (Å²) in [5, 5.41) is 12.0. The number of nitrogens with zero attached hydrogens (tertiary/aromatic N) is 5. The number of hydrogen-bond donors (Lipinski definition) is 2. The number of imidazole rings is 1. The minimum atomic E-state index is -1.96. The standard InChI is InChI=1S/C44H53FN7O8P/c1-27(2)40(53)49-43-48-39-37(41(54)50-43)47-26-51(39)42-36(45)38(60-61(58-24-12-23-46)52(28(3)4)29(5)6)35(59-42)25-57-44(30-13-10-9-11-14-30,31-15-19-33(55-7)20-16-31)32-17-21-34(56-8)22-18-32/h9-11,13-22,26-29,35-36,38,42H,12,24-25H2,1-8H3,(H2,48,49,50,53,54)/t35-,36+,38-,42-,61?/m1/s1. The minimum Gasteiger partial charge on any atom is -0.497 e. The maximum atomic E-state index is 17.6. The van der Waals surface area contributed by atoms with E-state index in [4.69, 9.17) is 28.0 Å². The van der Waals surface area contributed by atoms with Crippen LogP contribution in [0.5, 0.6) is 11.5 Å². The van der Waals surface area contributed by atoms with E-state index >= 15 is 4.39 Å². The average Bonchev–Trinajstić information content (AvgIpc) is 3.81. The van der Waals surface area contributed by atoms with Gasteiger partial charge in [-0.3, -0.25) is 24.5 Å². The van der Waals surface area contributed by atoms with Crippen molar-refractivity contribution in [1.29, 1.82) is 5.26 Å². The number of amides is 1. The summed E-state index contributed by atoms with van der Waals surface area (Å²) in [6, 6.07) is 26.7. The quantitative estimate of drug-likeness (QED) is 0.0473. The van der Waals surface area contributed by atoms with E-state index in [1.165, 1.54) is 10.9 Å². The Morgan fingerprint density at radius 1 is 0.967 bits per heavy atom. The number of rotatable bonds is 19. The molecule has 0 saturated carbocycles. The third kappa shape index (κ3) is 9.78. The van der Waals surface area contributed by atoms with Crippen LogP contribution >= 0.6 is 8.53 Å². The number of aromatic amines is 1. The Hall–Kier alpha value is -5.27. The van der Waals surface area contributed by atoms with Crippen molar-refractivity contribution in [3.63, 3.8) is 0 Å². The molecule has 3 heterocycles. The van der Waals surface area contributed by atoms with Gasteiger partial charge in [-0.15, -0.1) is 0 Å². The SMILES string of the molecule is COc1ccc(C(OC[C@H]2O[C@@H](n3cnc4c(=O)[nH]c(NC(=O)C(C)C)nc43)[C@@H](F)[C@@H]2OP(OCCC#N)N(C(C)C)C(C)C)(c2ccccc2)c2ccc(OC)cc2)cc1.